The van der Waals surface area contributed by atoms with Crippen molar-refractivity contribution in [2.24, 2.45) is 0 Å². The number of aromatic amines is 1. The number of hydrogen-bond donors (Lipinski definition) is 2. The van der Waals surface area contributed by atoms with E-state index in [1.54, 1.807) is 25.2 Å². The molecule has 2 aromatic heterocycles. The van der Waals surface area contributed by atoms with Crippen molar-refractivity contribution >= 4 is 28.1 Å². The van der Waals surface area contributed by atoms with E-state index in [2.05, 4.69) is 57.9 Å². The number of nitrogens with zero attached hydrogens (tertiary/aromatic N) is 3. The van der Waals surface area contributed by atoms with Crippen LogP contribution in [-0.4, -0.2) is 58.8 Å². The summed E-state index contributed by atoms with van der Waals surface area (Å²) in [4.78, 5) is 15.2. The molecule has 6 heteroatoms. The van der Waals surface area contributed by atoms with Crippen LogP contribution in [0, 0.1) is 11.8 Å². The van der Waals surface area contributed by atoms with Gasteiger partial charge in [0.25, 0.3) is 0 Å². The van der Waals surface area contributed by atoms with Gasteiger partial charge in [-0.2, -0.15) is 0 Å². The Morgan fingerprint density at radius 2 is 1.96 bits per heavy atom. The minimum atomic E-state index is -0.968. The van der Waals surface area contributed by atoms with Gasteiger partial charge in [0.2, 0.25) is 0 Å². The number of piperazine rings is 1. The van der Waals surface area contributed by atoms with Gasteiger partial charge in [0.05, 0.1) is 15.9 Å². The number of H-pyrrole nitrogens is 1. The number of aliphatic hydroxyl groups is 1. The molecule has 1 saturated heterocycles. The lowest BCUT2D eigenvalue weighted by Crippen LogP contribution is -2.44. The van der Waals surface area contributed by atoms with Gasteiger partial charge in [-0.15, -0.1) is 11.3 Å². The van der Waals surface area contributed by atoms with Gasteiger partial charge in [0.1, 0.15) is 11.4 Å². The number of aromatic nitrogens is 2. The van der Waals surface area contributed by atoms with Crippen LogP contribution in [0.15, 0.2) is 30.3 Å². The number of hydrogen-bond acceptors (Lipinski definition) is 5. The lowest BCUT2D eigenvalue weighted by molar-refractivity contribution is 0.143. The number of rotatable bonds is 3. The zero-order chi connectivity index (χ0) is 19.7. The van der Waals surface area contributed by atoms with Gasteiger partial charge in [-0.05, 0) is 51.2 Å². The van der Waals surface area contributed by atoms with Gasteiger partial charge in [-0.1, -0.05) is 11.8 Å². The second-order valence-corrected chi connectivity index (χ2v) is 9.10. The van der Waals surface area contributed by atoms with Gasteiger partial charge in [0, 0.05) is 43.2 Å². The first-order valence-electron chi connectivity index (χ1n) is 9.62. The molecule has 0 amide bonds. The van der Waals surface area contributed by atoms with Crippen LogP contribution < -0.4 is 4.90 Å². The number of anilines is 1. The van der Waals surface area contributed by atoms with E-state index in [-0.39, 0.29) is 0 Å². The summed E-state index contributed by atoms with van der Waals surface area (Å²) in [6.45, 7) is 7.71. The maximum Gasteiger partial charge on any atom is 0.120 e. The highest BCUT2D eigenvalue weighted by atomic mass is 32.1. The van der Waals surface area contributed by atoms with Crippen LogP contribution in [0.2, 0.25) is 0 Å². The van der Waals surface area contributed by atoms with E-state index in [0.29, 0.717) is 0 Å². The molecule has 2 N–H and O–H groups in total. The molecule has 3 heterocycles. The van der Waals surface area contributed by atoms with E-state index in [1.165, 1.54) is 10.6 Å². The summed E-state index contributed by atoms with van der Waals surface area (Å²) in [5.74, 6) is 6.87. The molecule has 4 rings (SSSR count). The van der Waals surface area contributed by atoms with Crippen LogP contribution in [0.1, 0.15) is 29.4 Å². The first-order valence-corrected chi connectivity index (χ1v) is 10.4. The highest BCUT2D eigenvalue weighted by molar-refractivity contribution is 7.12. The molecule has 0 bridgehead atoms. The number of fused-ring (bicyclic) bond motifs is 1. The van der Waals surface area contributed by atoms with Crippen LogP contribution in [0.5, 0.6) is 0 Å². The summed E-state index contributed by atoms with van der Waals surface area (Å²) in [6, 6.07) is 10.6. The summed E-state index contributed by atoms with van der Waals surface area (Å²) in [7, 11) is 2.17. The second kappa shape index (κ2) is 7.59. The summed E-state index contributed by atoms with van der Waals surface area (Å²) < 4.78 is 0. The van der Waals surface area contributed by atoms with Crippen LogP contribution in [-0.2, 0) is 6.42 Å². The number of nitrogens with one attached hydrogen (secondary N) is 1. The van der Waals surface area contributed by atoms with Gasteiger partial charge in [-0.3, -0.25) is 0 Å². The molecule has 1 aliphatic heterocycles. The van der Waals surface area contributed by atoms with E-state index in [0.717, 1.165) is 54.3 Å². The van der Waals surface area contributed by atoms with Crippen molar-refractivity contribution in [2.45, 2.75) is 25.9 Å². The highest BCUT2D eigenvalue weighted by Crippen LogP contribution is 2.24. The minimum Gasteiger partial charge on any atom is -0.378 e. The number of benzene rings is 1. The molecule has 1 aromatic carbocycles. The topological polar surface area (TPSA) is 55.4 Å². The third-order valence-corrected chi connectivity index (χ3v) is 5.88. The number of thiophene rings is 1. The Morgan fingerprint density at radius 1 is 1.18 bits per heavy atom. The molecule has 0 aliphatic carbocycles. The Balaban J connectivity index is 1.49. The molecule has 146 valence electrons. The maximum absolute atomic E-state index is 9.74. The van der Waals surface area contributed by atoms with Crippen molar-refractivity contribution in [3.8, 4) is 11.8 Å². The van der Waals surface area contributed by atoms with Crippen molar-refractivity contribution in [2.75, 3.05) is 38.1 Å². The second-order valence-electron chi connectivity index (χ2n) is 7.93. The Bertz CT molecular complexity index is 1030. The largest absolute Gasteiger partial charge is 0.378 e. The molecule has 0 unspecified atom stereocenters. The van der Waals surface area contributed by atoms with Crippen LogP contribution >= 0.6 is 11.3 Å². The molecule has 5 nitrogen and oxygen atoms in total. The first kappa shape index (κ1) is 19.0. The third kappa shape index (κ3) is 4.56. The molecule has 1 aliphatic rings. The molecule has 0 saturated carbocycles. The standard InChI is InChI=1S/C22H26N4OS/c1-22(2,27)9-8-17-5-6-18(28-17)15-21-23-19-7-4-16(14-20(19)24-21)26-12-10-25(3)11-13-26/h4-7,14,27H,10-13,15H2,1-3H3,(H,23,24). The van der Waals surface area contributed by atoms with Crippen molar-refractivity contribution in [3.63, 3.8) is 0 Å². The van der Waals surface area contributed by atoms with Crippen molar-refractivity contribution in [1.82, 2.24) is 14.9 Å². The van der Waals surface area contributed by atoms with Crippen molar-refractivity contribution in [1.29, 1.82) is 0 Å². The third-order valence-electron chi connectivity index (χ3n) is 4.88. The average molecular weight is 395 g/mol. The Morgan fingerprint density at radius 3 is 2.71 bits per heavy atom. The van der Waals surface area contributed by atoms with Crippen LogP contribution in [0.25, 0.3) is 11.0 Å². The lowest BCUT2D eigenvalue weighted by Gasteiger charge is -2.34. The SMILES string of the molecule is CN1CCN(c2ccc3nc(Cc4ccc(C#CC(C)(C)O)s4)[nH]c3c2)CC1. The molecular weight excluding hydrogens is 368 g/mol. The Hall–Kier alpha value is -2.33. The molecule has 0 radical (unpaired) electrons. The molecule has 28 heavy (non-hydrogen) atoms. The molecule has 0 atom stereocenters. The predicted octanol–water partition coefficient (Wildman–Crippen LogP) is 3.09. The normalized spacial score (nSPS) is 15.6. The lowest BCUT2D eigenvalue weighted by atomic mass is 10.1. The monoisotopic (exact) mass is 394 g/mol. The smallest absolute Gasteiger partial charge is 0.120 e. The summed E-state index contributed by atoms with van der Waals surface area (Å²) >= 11 is 1.65. The Labute approximate surface area is 170 Å². The van der Waals surface area contributed by atoms with Gasteiger partial charge < -0.3 is 19.9 Å². The molecule has 0 spiro atoms. The quantitative estimate of drug-likeness (QED) is 0.671. The maximum atomic E-state index is 9.74. The molecule has 3 aromatic rings. The minimum absolute atomic E-state index is 0.757. The Kier molecular flexibility index (Phi) is 5.15. The van der Waals surface area contributed by atoms with E-state index < -0.39 is 5.60 Å². The van der Waals surface area contributed by atoms with Crippen LogP contribution in [0.4, 0.5) is 5.69 Å². The van der Waals surface area contributed by atoms with Gasteiger partial charge in [-0.25, -0.2) is 4.98 Å². The summed E-state index contributed by atoms with van der Waals surface area (Å²) in [6.07, 6.45) is 0.757. The fourth-order valence-corrected chi connectivity index (χ4v) is 4.18. The van der Waals surface area contributed by atoms with E-state index in [1.807, 2.05) is 6.07 Å². The summed E-state index contributed by atoms with van der Waals surface area (Å²) in [5, 5.41) is 9.74. The van der Waals surface area contributed by atoms with Gasteiger partial charge in [0.15, 0.2) is 0 Å². The number of likely N-dealkylation sites (N-methyl/N-ethyl adjacent to an activating group) is 1. The van der Waals surface area contributed by atoms with Gasteiger partial charge >= 0.3 is 0 Å². The zero-order valence-electron chi connectivity index (χ0n) is 16.6. The van der Waals surface area contributed by atoms with E-state index in [9.17, 15) is 5.11 Å². The number of imidazole rings is 1. The zero-order valence-corrected chi connectivity index (χ0v) is 17.4. The fourth-order valence-electron chi connectivity index (χ4n) is 3.32. The van der Waals surface area contributed by atoms with E-state index in [4.69, 9.17) is 4.98 Å². The highest BCUT2D eigenvalue weighted by Gasteiger charge is 2.15. The van der Waals surface area contributed by atoms with E-state index >= 15 is 0 Å². The average Bonchev–Trinajstić information content (AvgIpc) is 3.25. The fraction of sp³-hybridized carbons (Fsp3) is 0.409. The molecule has 1 fully saturated rings. The van der Waals surface area contributed by atoms with Crippen molar-refractivity contribution in [3.05, 3.63) is 45.9 Å². The summed E-state index contributed by atoms with van der Waals surface area (Å²) in [5.41, 5.74) is 2.39. The predicted molar refractivity (Wildman–Crippen MR) is 116 cm³/mol. The van der Waals surface area contributed by atoms with Crippen LogP contribution in [0.3, 0.4) is 0 Å². The van der Waals surface area contributed by atoms with Crippen molar-refractivity contribution < 1.29 is 5.11 Å². The first-order chi connectivity index (χ1) is 13.4. The molecular formula is C22H26N4OS.